The van der Waals surface area contributed by atoms with Crippen LogP contribution >= 0.6 is 0 Å². The van der Waals surface area contributed by atoms with Crippen molar-refractivity contribution in [3.8, 4) is 11.5 Å². The minimum absolute atomic E-state index is 0.0228. The minimum Gasteiger partial charge on any atom is -0.504 e. The van der Waals surface area contributed by atoms with Gasteiger partial charge in [-0.2, -0.15) is 0 Å². The standard InChI is InChI=1S/C15H19NO2/c17-11-4-1-8(5-12(11)18)7-16-15-13-9-2-3-10(6-9)14(13)15/h1,4-5,9-10,13-18H,2-3,6-7H2. The van der Waals surface area contributed by atoms with Gasteiger partial charge in [0.1, 0.15) is 0 Å². The zero-order valence-corrected chi connectivity index (χ0v) is 10.3. The predicted octanol–water partition coefficient (Wildman–Crippen LogP) is 2.23. The Hall–Kier alpha value is -1.22. The van der Waals surface area contributed by atoms with Gasteiger partial charge in [0.2, 0.25) is 0 Å². The number of benzene rings is 1. The van der Waals surface area contributed by atoms with Gasteiger partial charge >= 0.3 is 0 Å². The summed E-state index contributed by atoms with van der Waals surface area (Å²) in [4.78, 5) is 0. The Kier molecular flexibility index (Phi) is 2.16. The third-order valence-corrected chi connectivity index (χ3v) is 5.32. The molecule has 0 saturated heterocycles. The molecule has 96 valence electrons. The molecule has 18 heavy (non-hydrogen) atoms. The van der Waals surface area contributed by atoms with Crippen LogP contribution in [0.2, 0.25) is 0 Å². The number of hydrogen-bond acceptors (Lipinski definition) is 3. The zero-order chi connectivity index (χ0) is 12.3. The second-order valence-corrected chi connectivity index (χ2v) is 6.22. The summed E-state index contributed by atoms with van der Waals surface area (Å²) in [6, 6.07) is 5.79. The lowest BCUT2D eigenvalue weighted by Gasteiger charge is -2.11. The molecule has 0 aliphatic heterocycles. The fourth-order valence-corrected chi connectivity index (χ4v) is 4.51. The molecule has 3 saturated carbocycles. The maximum Gasteiger partial charge on any atom is 0.157 e. The van der Waals surface area contributed by atoms with Gasteiger partial charge in [0, 0.05) is 12.6 Å². The Labute approximate surface area is 107 Å². The number of phenolic OH excluding ortho intramolecular Hbond substituents is 2. The summed E-state index contributed by atoms with van der Waals surface area (Å²) in [5.74, 6) is 3.80. The lowest BCUT2D eigenvalue weighted by molar-refractivity contribution is 0.402. The average molecular weight is 245 g/mol. The van der Waals surface area contributed by atoms with Crippen molar-refractivity contribution in [2.75, 3.05) is 0 Å². The first-order valence-corrected chi connectivity index (χ1v) is 6.98. The molecule has 3 fully saturated rings. The van der Waals surface area contributed by atoms with Crippen molar-refractivity contribution in [2.45, 2.75) is 31.8 Å². The normalized spacial score (nSPS) is 39.9. The van der Waals surface area contributed by atoms with E-state index in [2.05, 4.69) is 5.32 Å². The molecule has 4 unspecified atom stereocenters. The van der Waals surface area contributed by atoms with Crippen LogP contribution in [0.15, 0.2) is 18.2 Å². The van der Waals surface area contributed by atoms with Gasteiger partial charge in [-0.05, 0) is 60.6 Å². The van der Waals surface area contributed by atoms with Gasteiger partial charge in [0.25, 0.3) is 0 Å². The maximum atomic E-state index is 9.46. The summed E-state index contributed by atoms with van der Waals surface area (Å²) in [6.07, 6.45) is 4.38. The first-order chi connectivity index (χ1) is 8.74. The van der Waals surface area contributed by atoms with Gasteiger partial charge in [-0.1, -0.05) is 6.07 Å². The van der Waals surface area contributed by atoms with E-state index in [-0.39, 0.29) is 11.5 Å². The molecule has 0 heterocycles. The van der Waals surface area contributed by atoms with Crippen molar-refractivity contribution in [1.82, 2.24) is 5.32 Å². The monoisotopic (exact) mass is 245 g/mol. The molecule has 3 heteroatoms. The van der Waals surface area contributed by atoms with E-state index in [4.69, 9.17) is 0 Å². The van der Waals surface area contributed by atoms with E-state index in [0.29, 0.717) is 6.04 Å². The second kappa shape index (κ2) is 3.64. The Bertz CT molecular complexity index is 471. The lowest BCUT2D eigenvalue weighted by atomic mass is 10.0. The van der Waals surface area contributed by atoms with Crippen molar-refractivity contribution in [1.29, 1.82) is 0 Å². The van der Waals surface area contributed by atoms with Crippen LogP contribution < -0.4 is 5.32 Å². The molecule has 3 N–H and O–H groups in total. The molecule has 0 radical (unpaired) electrons. The lowest BCUT2D eigenvalue weighted by Crippen LogP contribution is -2.22. The van der Waals surface area contributed by atoms with Crippen LogP contribution in [0.25, 0.3) is 0 Å². The SMILES string of the molecule is Oc1ccc(CNC2C3C4CCC(C4)C23)cc1O. The zero-order valence-electron chi connectivity index (χ0n) is 10.3. The number of nitrogens with one attached hydrogen (secondary N) is 1. The van der Waals surface area contributed by atoms with E-state index in [1.165, 1.54) is 19.3 Å². The maximum absolute atomic E-state index is 9.46. The van der Waals surface area contributed by atoms with Crippen LogP contribution in [0.1, 0.15) is 24.8 Å². The minimum atomic E-state index is -0.0416. The van der Waals surface area contributed by atoms with E-state index >= 15 is 0 Å². The first kappa shape index (κ1) is 10.7. The van der Waals surface area contributed by atoms with Gasteiger partial charge in [-0.3, -0.25) is 0 Å². The fourth-order valence-electron chi connectivity index (χ4n) is 4.51. The molecule has 3 aliphatic carbocycles. The van der Waals surface area contributed by atoms with Crippen molar-refractivity contribution >= 4 is 0 Å². The van der Waals surface area contributed by atoms with Crippen molar-refractivity contribution in [3.05, 3.63) is 23.8 Å². The van der Waals surface area contributed by atoms with Crippen LogP contribution in [-0.2, 0) is 6.54 Å². The molecule has 3 aliphatic rings. The van der Waals surface area contributed by atoms with Crippen LogP contribution in [0.4, 0.5) is 0 Å². The average Bonchev–Trinajstić information content (AvgIpc) is 2.76. The van der Waals surface area contributed by atoms with Crippen LogP contribution in [0.3, 0.4) is 0 Å². The van der Waals surface area contributed by atoms with Crippen molar-refractivity contribution < 1.29 is 10.2 Å². The number of fused-ring (bicyclic) bond motifs is 5. The molecule has 3 nitrogen and oxygen atoms in total. The first-order valence-electron chi connectivity index (χ1n) is 6.98. The van der Waals surface area contributed by atoms with Gasteiger partial charge < -0.3 is 15.5 Å². The quantitative estimate of drug-likeness (QED) is 0.716. The summed E-state index contributed by atoms with van der Waals surface area (Å²) in [5.41, 5.74) is 1.04. The highest BCUT2D eigenvalue weighted by Gasteiger charge is 2.64. The largest absolute Gasteiger partial charge is 0.504 e. The summed E-state index contributed by atoms with van der Waals surface area (Å²) in [7, 11) is 0. The van der Waals surface area contributed by atoms with E-state index in [9.17, 15) is 10.2 Å². The number of rotatable bonds is 3. The highest BCUT2D eigenvalue weighted by atomic mass is 16.3. The van der Waals surface area contributed by atoms with E-state index in [0.717, 1.165) is 35.8 Å². The molecule has 0 aromatic heterocycles. The second-order valence-electron chi connectivity index (χ2n) is 6.22. The molecule has 1 aromatic carbocycles. The third kappa shape index (κ3) is 1.46. The Morgan fingerprint density at radius 3 is 2.44 bits per heavy atom. The Morgan fingerprint density at radius 1 is 1.06 bits per heavy atom. The van der Waals surface area contributed by atoms with Crippen molar-refractivity contribution in [3.63, 3.8) is 0 Å². The smallest absolute Gasteiger partial charge is 0.157 e. The van der Waals surface area contributed by atoms with Crippen LogP contribution in [0, 0.1) is 23.7 Å². The van der Waals surface area contributed by atoms with Gasteiger partial charge in [-0.25, -0.2) is 0 Å². The molecule has 4 atom stereocenters. The summed E-state index contributed by atoms with van der Waals surface area (Å²) >= 11 is 0. The summed E-state index contributed by atoms with van der Waals surface area (Å²) in [5, 5.41) is 22.4. The highest BCUT2D eigenvalue weighted by Crippen LogP contribution is 2.65. The third-order valence-electron chi connectivity index (χ3n) is 5.32. The van der Waals surface area contributed by atoms with Crippen LogP contribution in [0.5, 0.6) is 11.5 Å². The van der Waals surface area contributed by atoms with Gasteiger partial charge in [0.15, 0.2) is 11.5 Å². The molecule has 2 bridgehead atoms. The predicted molar refractivity (Wildman–Crippen MR) is 68.2 cm³/mol. The molecule has 0 amide bonds. The molecule has 0 spiro atoms. The number of hydrogen-bond donors (Lipinski definition) is 3. The van der Waals surface area contributed by atoms with Gasteiger partial charge in [0.05, 0.1) is 0 Å². The van der Waals surface area contributed by atoms with E-state index in [1.807, 2.05) is 6.07 Å². The number of phenols is 2. The Balaban J connectivity index is 1.39. The summed E-state index contributed by atoms with van der Waals surface area (Å²) < 4.78 is 0. The van der Waals surface area contributed by atoms with E-state index in [1.54, 1.807) is 12.1 Å². The highest BCUT2D eigenvalue weighted by molar-refractivity contribution is 5.40. The van der Waals surface area contributed by atoms with Crippen LogP contribution in [-0.4, -0.2) is 16.3 Å². The topological polar surface area (TPSA) is 52.5 Å². The Morgan fingerprint density at radius 2 is 1.78 bits per heavy atom. The molecular weight excluding hydrogens is 226 g/mol. The molecular formula is C15H19NO2. The van der Waals surface area contributed by atoms with Crippen molar-refractivity contribution in [2.24, 2.45) is 23.7 Å². The fraction of sp³-hybridized carbons (Fsp3) is 0.600. The summed E-state index contributed by atoms with van der Waals surface area (Å²) in [6.45, 7) is 0.797. The molecule has 1 aromatic rings. The van der Waals surface area contributed by atoms with E-state index < -0.39 is 0 Å². The van der Waals surface area contributed by atoms with Gasteiger partial charge in [-0.15, -0.1) is 0 Å². The number of aromatic hydroxyl groups is 2. The molecule has 4 rings (SSSR count).